The Morgan fingerprint density at radius 3 is 2.37 bits per heavy atom. The minimum atomic E-state index is -0.918. The first-order valence-corrected chi connectivity index (χ1v) is 9.81. The Kier molecular flexibility index (Phi) is 8.67. The molecule has 1 atom stereocenters. The Morgan fingerprint density at radius 2 is 1.80 bits per heavy atom. The maximum atomic E-state index is 11.6. The number of nitrogens with one attached hydrogen (secondary N) is 1. The highest BCUT2D eigenvalue weighted by molar-refractivity contribution is 5.89. The van der Waals surface area contributed by atoms with E-state index in [0.29, 0.717) is 36.1 Å². The number of hydrogen-bond donors (Lipinski definition) is 2. The van der Waals surface area contributed by atoms with Gasteiger partial charge in [0, 0.05) is 0 Å². The summed E-state index contributed by atoms with van der Waals surface area (Å²) in [7, 11) is 1.35. The molecule has 1 unspecified atom stereocenters. The molecule has 2 aromatic rings. The van der Waals surface area contributed by atoms with Crippen molar-refractivity contribution in [2.45, 2.75) is 37.4 Å². The second-order valence-electron chi connectivity index (χ2n) is 7.32. The van der Waals surface area contributed by atoms with Crippen LogP contribution in [0.15, 0.2) is 48.5 Å². The molecule has 6 nitrogen and oxygen atoms in total. The van der Waals surface area contributed by atoms with Crippen molar-refractivity contribution in [3.8, 4) is 11.8 Å². The van der Waals surface area contributed by atoms with Gasteiger partial charge in [-0.15, -0.1) is 12.4 Å². The zero-order chi connectivity index (χ0) is 20.7. The Morgan fingerprint density at radius 1 is 1.17 bits per heavy atom. The molecule has 1 heterocycles. The third kappa shape index (κ3) is 5.96. The van der Waals surface area contributed by atoms with Crippen LogP contribution in [0.3, 0.4) is 0 Å². The van der Waals surface area contributed by atoms with Gasteiger partial charge in [-0.05, 0) is 80.7 Å². The van der Waals surface area contributed by atoms with E-state index in [0.717, 1.165) is 25.1 Å². The first-order valence-electron chi connectivity index (χ1n) is 9.81. The highest BCUT2D eigenvalue weighted by Gasteiger charge is 2.39. The van der Waals surface area contributed by atoms with Gasteiger partial charge in [0.05, 0.1) is 24.3 Å². The number of ether oxygens (including phenoxy) is 2. The minimum Gasteiger partial charge on any atom is -0.487 e. The summed E-state index contributed by atoms with van der Waals surface area (Å²) >= 11 is 0. The van der Waals surface area contributed by atoms with Gasteiger partial charge in [-0.1, -0.05) is 12.1 Å². The average molecular weight is 431 g/mol. The van der Waals surface area contributed by atoms with Crippen molar-refractivity contribution in [2.24, 2.45) is 0 Å². The zero-order valence-corrected chi connectivity index (χ0v) is 17.8. The molecule has 0 saturated carbocycles. The van der Waals surface area contributed by atoms with Gasteiger partial charge < -0.3 is 19.9 Å². The molecule has 0 aliphatic carbocycles. The molecule has 30 heavy (non-hydrogen) atoms. The van der Waals surface area contributed by atoms with E-state index in [9.17, 15) is 9.90 Å². The molecule has 0 radical (unpaired) electrons. The summed E-state index contributed by atoms with van der Waals surface area (Å²) in [5, 5.41) is 23.5. The van der Waals surface area contributed by atoms with Gasteiger partial charge >= 0.3 is 5.97 Å². The number of aryl methyl sites for hydroxylation is 1. The topological polar surface area (TPSA) is 91.6 Å². The number of halogens is 1. The number of nitrogens with zero attached hydrogens (tertiary/aromatic N) is 1. The first kappa shape index (κ1) is 23.7. The van der Waals surface area contributed by atoms with Crippen molar-refractivity contribution in [3.05, 3.63) is 65.2 Å². The molecule has 1 saturated heterocycles. The van der Waals surface area contributed by atoms with E-state index in [4.69, 9.17) is 14.7 Å². The van der Waals surface area contributed by atoms with E-state index in [1.165, 1.54) is 7.11 Å². The SMILES string of the molecule is COC(=O)c1ccc(OC(CCc2ccc(C#N)cc2)C2(O)CCNCC2)cc1.Cl. The van der Waals surface area contributed by atoms with Crippen molar-refractivity contribution >= 4 is 18.4 Å². The minimum absolute atomic E-state index is 0. The molecule has 1 aliphatic rings. The van der Waals surface area contributed by atoms with Gasteiger partial charge in [-0.2, -0.15) is 5.26 Å². The van der Waals surface area contributed by atoms with E-state index in [-0.39, 0.29) is 18.5 Å². The van der Waals surface area contributed by atoms with Crippen LogP contribution >= 0.6 is 12.4 Å². The second-order valence-corrected chi connectivity index (χ2v) is 7.32. The maximum Gasteiger partial charge on any atom is 0.337 e. The molecule has 3 rings (SSSR count). The average Bonchev–Trinajstić information content (AvgIpc) is 2.77. The number of esters is 1. The lowest BCUT2D eigenvalue weighted by Gasteiger charge is -2.39. The quantitative estimate of drug-likeness (QED) is 0.655. The molecule has 1 fully saturated rings. The predicted molar refractivity (Wildman–Crippen MR) is 116 cm³/mol. The van der Waals surface area contributed by atoms with Crippen molar-refractivity contribution < 1.29 is 19.4 Å². The van der Waals surface area contributed by atoms with Crippen molar-refractivity contribution in [1.29, 1.82) is 5.26 Å². The second kappa shape index (κ2) is 11.0. The number of benzene rings is 2. The highest BCUT2D eigenvalue weighted by atomic mass is 35.5. The van der Waals surface area contributed by atoms with Crippen LogP contribution in [0.5, 0.6) is 5.75 Å². The lowest BCUT2D eigenvalue weighted by molar-refractivity contribution is -0.0834. The number of methoxy groups -OCH3 is 1. The van der Waals surface area contributed by atoms with Gasteiger partial charge in [-0.3, -0.25) is 0 Å². The molecular weight excluding hydrogens is 404 g/mol. The molecule has 7 heteroatoms. The Balaban J connectivity index is 0.00000320. The molecule has 0 amide bonds. The highest BCUT2D eigenvalue weighted by Crippen LogP contribution is 2.30. The smallest absolute Gasteiger partial charge is 0.337 e. The summed E-state index contributed by atoms with van der Waals surface area (Å²) in [5.74, 6) is 0.209. The van der Waals surface area contributed by atoms with E-state index in [1.807, 2.05) is 12.1 Å². The molecule has 0 aromatic heterocycles. The van der Waals surface area contributed by atoms with Gasteiger partial charge in [0.1, 0.15) is 17.5 Å². The molecule has 160 valence electrons. The van der Waals surface area contributed by atoms with E-state index >= 15 is 0 Å². The number of nitriles is 1. The van der Waals surface area contributed by atoms with E-state index in [2.05, 4.69) is 11.4 Å². The molecule has 2 aromatic carbocycles. The van der Waals surface area contributed by atoms with Gasteiger partial charge in [0.2, 0.25) is 0 Å². The van der Waals surface area contributed by atoms with Gasteiger partial charge in [0.15, 0.2) is 0 Å². The largest absolute Gasteiger partial charge is 0.487 e. The number of piperidine rings is 1. The summed E-state index contributed by atoms with van der Waals surface area (Å²) in [6.45, 7) is 1.49. The molecule has 0 bridgehead atoms. The number of hydrogen-bond acceptors (Lipinski definition) is 6. The first-order chi connectivity index (χ1) is 14.0. The lowest BCUT2D eigenvalue weighted by Crippen LogP contribution is -2.52. The maximum absolute atomic E-state index is 11.6. The molecule has 1 aliphatic heterocycles. The van der Waals surface area contributed by atoms with Crippen LogP contribution in [0.1, 0.15) is 40.7 Å². The van der Waals surface area contributed by atoms with E-state index < -0.39 is 11.6 Å². The fourth-order valence-corrected chi connectivity index (χ4v) is 3.61. The van der Waals surface area contributed by atoms with Crippen LogP contribution in [-0.2, 0) is 11.2 Å². The van der Waals surface area contributed by atoms with Crippen LogP contribution < -0.4 is 10.1 Å². The summed E-state index contributed by atoms with van der Waals surface area (Å²) < 4.78 is 10.9. The van der Waals surface area contributed by atoms with Crippen LogP contribution in [0.4, 0.5) is 0 Å². The normalized spacial score (nSPS) is 15.9. The van der Waals surface area contributed by atoms with Gasteiger partial charge in [0.25, 0.3) is 0 Å². The summed E-state index contributed by atoms with van der Waals surface area (Å²) in [6.07, 6.45) is 2.22. The van der Waals surface area contributed by atoms with Crippen LogP contribution in [0.25, 0.3) is 0 Å². The molecule has 2 N–H and O–H groups in total. The van der Waals surface area contributed by atoms with Crippen LogP contribution in [0.2, 0.25) is 0 Å². The molecule has 0 spiro atoms. The van der Waals surface area contributed by atoms with Crippen LogP contribution in [0, 0.1) is 11.3 Å². The lowest BCUT2D eigenvalue weighted by atomic mass is 9.84. The number of aliphatic hydroxyl groups is 1. The van der Waals surface area contributed by atoms with Crippen molar-refractivity contribution in [3.63, 3.8) is 0 Å². The summed E-state index contributed by atoms with van der Waals surface area (Å²) in [6, 6.07) is 16.4. The third-order valence-electron chi connectivity index (χ3n) is 5.40. The predicted octanol–water partition coefficient (Wildman–Crippen LogP) is 3.26. The monoisotopic (exact) mass is 430 g/mol. The zero-order valence-electron chi connectivity index (χ0n) is 17.0. The summed E-state index contributed by atoms with van der Waals surface area (Å²) in [5.41, 5.74) is 1.26. The fourth-order valence-electron chi connectivity index (χ4n) is 3.61. The van der Waals surface area contributed by atoms with Crippen molar-refractivity contribution in [2.75, 3.05) is 20.2 Å². The standard InChI is InChI=1S/C23H26N2O4.ClH/c1-28-22(26)19-7-9-20(10-8-19)29-21(23(27)12-14-25-15-13-23)11-6-17-2-4-18(16-24)5-3-17;/h2-5,7-10,21,25,27H,6,11-15H2,1H3;1H. The van der Waals surface area contributed by atoms with E-state index in [1.54, 1.807) is 36.4 Å². The number of rotatable bonds is 7. The number of carbonyl (C=O) groups excluding carboxylic acids is 1. The molecular formula is C23H27ClN2O4. The fraction of sp³-hybridized carbons (Fsp3) is 0.391. The van der Waals surface area contributed by atoms with Gasteiger partial charge in [-0.25, -0.2) is 4.79 Å². The Labute approximate surface area is 183 Å². The third-order valence-corrected chi connectivity index (χ3v) is 5.40. The Bertz CT molecular complexity index is 856. The Hall–Kier alpha value is -2.59. The number of carbonyl (C=O) groups is 1. The summed E-state index contributed by atoms with van der Waals surface area (Å²) in [4.78, 5) is 11.6. The van der Waals surface area contributed by atoms with Crippen LogP contribution in [-0.4, -0.2) is 43.0 Å². The van der Waals surface area contributed by atoms with Crippen molar-refractivity contribution in [1.82, 2.24) is 5.32 Å².